The first-order chi connectivity index (χ1) is 6.13. The summed E-state index contributed by atoms with van der Waals surface area (Å²) >= 11 is 1.84. The predicted molar refractivity (Wildman–Crippen MR) is 57.9 cm³/mol. The molecule has 3 heteroatoms. The Labute approximate surface area is 83.9 Å². The van der Waals surface area contributed by atoms with Gasteiger partial charge in [-0.25, -0.2) is 0 Å². The molecule has 72 valence electrons. The third-order valence-corrected chi connectivity index (χ3v) is 2.77. The van der Waals surface area contributed by atoms with Gasteiger partial charge in [-0.1, -0.05) is 13.8 Å². The highest BCUT2D eigenvalue weighted by atomic mass is 32.2. The molecule has 0 radical (unpaired) electrons. The molecule has 0 unspecified atom stereocenters. The van der Waals surface area contributed by atoms with Gasteiger partial charge in [0, 0.05) is 28.6 Å². The SMILES string of the molecule is Cc1cc(SC(C)C)c(CN)cn1. The largest absolute Gasteiger partial charge is 0.326 e. The molecule has 0 aliphatic rings. The van der Waals surface area contributed by atoms with Crippen LogP contribution in [-0.2, 0) is 6.54 Å². The van der Waals surface area contributed by atoms with Crippen molar-refractivity contribution >= 4 is 11.8 Å². The van der Waals surface area contributed by atoms with Crippen LogP contribution in [-0.4, -0.2) is 10.2 Å². The zero-order valence-electron chi connectivity index (χ0n) is 8.37. The summed E-state index contributed by atoms with van der Waals surface area (Å²) < 4.78 is 0. The van der Waals surface area contributed by atoms with E-state index in [2.05, 4.69) is 24.9 Å². The van der Waals surface area contributed by atoms with Crippen LogP contribution in [0.1, 0.15) is 25.1 Å². The maximum Gasteiger partial charge on any atom is 0.0384 e. The van der Waals surface area contributed by atoms with E-state index in [0.717, 1.165) is 11.3 Å². The van der Waals surface area contributed by atoms with Crippen molar-refractivity contribution in [3.8, 4) is 0 Å². The van der Waals surface area contributed by atoms with Gasteiger partial charge in [0.15, 0.2) is 0 Å². The summed E-state index contributed by atoms with van der Waals surface area (Å²) in [5.74, 6) is 0. The van der Waals surface area contributed by atoms with Crippen LogP contribution < -0.4 is 5.73 Å². The van der Waals surface area contributed by atoms with Gasteiger partial charge in [-0.05, 0) is 18.6 Å². The van der Waals surface area contributed by atoms with Crippen molar-refractivity contribution in [1.82, 2.24) is 4.98 Å². The standard InChI is InChI=1S/C10H16N2S/c1-7(2)13-10-4-8(3)12-6-9(10)5-11/h4,6-7H,5,11H2,1-3H3. The number of hydrogen-bond acceptors (Lipinski definition) is 3. The Kier molecular flexibility index (Phi) is 3.75. The molecule has 0 amide bonds. The number of rotatable bonds is 3. The van der Waals surface area contributed by atoms with Crippen LogP contribution in [0.25, 0.3) is 0 Å². The van der Waals surface area contributed by atoms with Crippen molar-refractivity contribution in [1.29, 1.82) is 0 Å². The fourth-order valence-electron chi connectivity index (χ4n) is 1.08. The number of aryl methyl sites for hydroxylation is 1. The lowest BCUT2D eigenvalue weighted by Gasteiger charge is -2.09. The Bertz CT molecular complexity index is 284. The van der Waals surface area contributed by atoms with E-state index < -0.39 is 0 Å². The molecule has 0 aliphatic heterocycles. The molecule has 2 N–H and O–H groups in total. The molecule has 0 saturated heterocycles. The van der Waals surface area contributed by atoms with Crippen LogP contribution >= 0.6 is 11.8 Å². The average Bonchev–Trinajstić information content (AvgIpc) is 2.03. The summed E-state index contributed by atoms with van der Waals surface area (Å²) in [6.07, 6.45) is 1.88. The molecule has 0 fully saturated rings. The third kappa shape index (κ3) is 3.01. The van der Waals surface area contributed by atoms with Gasteiger partial charge in [0.1, 0.15) is 0 Å². The minimum Gasteiger partial charge on any atom is -0.326 e. The van der Waals surface area contributed by atoms with Gasteiger partial charge in [0.25, 0.3) is 0 Å². The molecule has 0 spiro atoms. The zero-order valence-corrected chi connectivity index (χ0v) is 9.19. The highest BCUT2D eigenvalue weighted by Crippen LogP contribution is 2.26. The average molecular weight is 196 g/mol. The molecule has 2 nitrogen and oxygen atoms in total. The van der Waals surface area contributed by atoms with Gasteiger partial charge in [-0.3, -0.25) is 4.98 Å². The first kappa shape index (κ1) is 10.5. The van der Waals surface area contributed by atoms with Crippen LogP contribution in [0.15, 0.2) is 17.2 Å². The minimum absolute atomic E-state index is 0.572. The van der Waals surface area contributed by atoms with E-state index in [1.54, 1.807) is 0 Å². The molecule has 1 rings (SSSR count). The van der Waals surface area contributed by atoms with E-state index in [-0.39, 0.29) is 0 Å². The summed E-state index contributed by atoms with van der Waals surface area (Å²) in [5, 5.41) is 0.590. The Morgan fingerprint density at radius 3 is 2.77 bits per heavy atom. The number of hydrogen-bond donors (Lipinski definition) is 1. The third-order valence-electron chi connectivity index (χ3n) is 1.66. The number of pyridine rings is 1. The molecular formula is C10H16N2S. The van der Waals surface area contributed by atoms with E-state index in [9.17, 15) is 0 Å². The topological polar surface area (TPSA) is 38.9 Å². The quantitative estimate of drug-likeness (QED) is 0.754. The Hall–Kier alpha value is -0.540. The number of aromatic nitrogens is 1. The second-order valence-electron chi connectivity index (χ2n) is 3.30. The maximum atomic E-state index is 5.62. The normalized spacial score (nSPS) is 10.8. The molecule has 0 atom stereocenters. The summed E-state index contributed by atoms with van der Waals surface area (Å²) in [6.45, 7) is 6.94. The summed E-state index contributed by atoms with van der Waals surface area (Å²) in [6, 6.07) is 2.10. The molecular weight excluding hydrogens is 180 g/mol. The summed E-state index contributed by atoms with van der Waals surface area (Å²) in [4.78, 5) is 5.49. The Balaban J connectivity index is 2.94. The fourth-order valence-corrected chi connectivity index (χ4v) is 2.11. The highest BCUT2D eigenvalue weighted by Gasteiger charge is 2.04. The minimum atomic E-state index is 0.572. The van der Waals surface area contributed by atoms with Gasteiger partial charge >= 0.3 is 0 Å². The molecule has 1 aromatic rings. The van der Waals surface area contributed by atoms with E-state index in [1.807, 2.05) is 24.9 Å². The second kappa shape index (κ2) is 4.63. The highest BCUT2D eigenvalue weighted by molar-refractivity contribution is 8.00. The summed E-state index contributed by atoms with van der Waals surface area (Å²) in [7, 11) is 0. The van der Waals surface area contributed by atoms with Gasteiger partial charge in [0.2, 0.25) is 0 Å². The zero-order chi connectivity index (χ0) is 9.84. The van der Waals surface area contributed by atoms with Crippen molar-refractivity contribution in [3.05, 3.63) is 23.5 Å². The van der Waals surface area contributed by atoms with Gasteiger partial charge in [-0.2, -0.15) is 0 Å². The second-order valence-corrected chi connectivity index (χ2v) is 4.92. The molecule has 0 saturated carbocycles. The van der Waals surface area contributed by atoms with Crippen molar-refractivity contribution in [2.45, 2.75) is 37.5 Å². The first-order valence-electron chi connectivity index (χ1n) is 4.45. The lowest BCUT2D eigenvalue weighted by molar-refractivity contribution is 0.979. The van der Waals surface area contributed by atoms with Gasteiger partial charge in [0.05, 0.1) is 0 Å². The van der Waals surface area contributed by atoms with Crippen LogP contribution in [0, 0.1) is 6.92 Å². The van der Waals surface area contributed by atoms with Crippen LogP contribution in [0.3, 0.4) is 0 Å². The molecule has 1 aromatic heterocycles. The van der Waals surface area contributed by atoms with Crippen molar-refractivity contribution in [2.75, 3.05) is 0 Å². The molecule has 13 heavy (non-hydrogen) atoms. The van der Waals surface area contributed by atoms with Gasteiger partial charge < -0.3 is 5.73 Å². The monoisotopic (exact) mass is 196 g/mol. The van der Waals surface area contributed by atoms with Crippen molar-refractivity contribution in [3.63, 3.8) is 0 Å². The van der Waals surface area contributed by atoms with E-state index in [1.165, 1.54) is 4.90 Å². The molecule has 0 aromatic carbocycles. The van der Waals surface area contributed by atoms with E-state index in [0.29, 0.717) is 11.8 Å². The Morgan fingerprint density at radius 2 is 2.23 bits per heavy atom. The Morgan fingerprint density at radius 1 is 1.54 bits per heavy atom. The van der Waals surface area contributed by atoms with Gasteiger partial charge in [-0.15, -0.1) is 11.8 Å². The molecule has 0 aliphatic carbocycles. The molecule has 1 heterocycles. The molecule has 0 bridgehead atoms. The maximum absolute atomic E-state index is 5.62. The fraction of sp³-hybridized carbons (Fsp3) is 0.500. The lowest BCUT2D eigenvalue weighted by Crippen LogP contribution is -2.01. The van der Waals surface area contributed by atoms with Crippen LogP contribution in [0.5, 0.6) is 0 Å². The van der Waals surface area contributed by atoms with Crippen LogP contribution in [0.4, 0.5) is 0 Å². The van der Waals surface area contributed by atoms with Crippen LogP contribution in [0.2, 0.25) is 0 Å². The number of nitrogens with two attached hydrogens (primary N) is 1. The predicted octanol–water partition coefficient (Wildman–Crippen LogP) is 2.35. The smallest absolute Gasteiger partial charge is 0.0384 e. The van der Waals surface area contributed by atoms with E-state index in [4.69, 9.17) is 5.73 Å². The first-order valence-corrected chi connectivity index (χ1v) is 5.33. The summed E-state index contributed by atoms with van der Waals surface area (Å²) in [5.41, 5.74) is 7.82. The number of thioether (sulfide) groups is 1. The van der Waals surface area contributed by atoms with Crippen molar-refractivity contribution < 1.29 is 0 Å². The lowest BCUT2D eigenvalue weighted by atomic mass is 10.2. The van der Waals surface area contributed by atoms with Crippen molar-refractivity contribution in [2.24, 2.45) is 5.73 Å². The van der Waals surface area contributed by atoms with E-state index >= 15 is 0 Å². The number of nitrogens with zero attached hydrogens (tertiary/aromatic N) is 1.